The number of aromatic nitrogens is 1. The van der Waals surface area contributed by atoms with Crippen molar-refractivity contribution in [3.05, 3.63) is 24.0 Å². The monoisotopic (exact) mass is 296 g/mol. The highest BCUT2D eigenvalue weighted by Gasteiger charge is 2.16. The Bertz CT molecular complexity index is 427. The van der Waals surface area contributed by atoms with E-state index in [-0.39, 0.29) is 5.91 Å². The van der Waals surface area contributed by atoms with Crippen LogP contribution < -0.4 is 5.32 Å². The summed E-state index contributed by atoms with van der Waals surface area (Å²) in [7, 11) is 1.91. The van der Waals surface area contributed by atoms with Crippen LogP contribution in [-0.4, -0.2) is 33.1 Å². The van der Waals surface area contributed by atoms with E-state index in [9.17, 15) is 9.90 Å². The van der Waals surface area contributed by atoms with Gasteiger partial charge in [0.05, 0.1) is 11.9 Å². The molecule has 1 aromatic rings. The first kappa shape index (κ1) is 15.4. The van der Waals surface area contributed by atoms with Gasteiger partial charge in [0.25, 0.3) is 0 Å². The zero-order valence-electron chi connectivity index (χ0n) is 12.0. The smallest absolute Gasteiger partial charge is 0.230 e. The predicted octanol–water partition coefficient (Wildman–Crippen LogP) is 2.24. The number of aliphatic hydroxyl groups is 1. The largest absolute Gasteiger partial charge is 0.387 e. The molecule has 1 amide bonds. The van der Waals surface area contributed by atoms with E-state index >= 15 is 0 Å². The molecule has 1 unspecified atom stereocenters. The van der Waals surface area contributed by atoms with Gasteiger partial charge < -0.3 is 15.0 Å². The van der Waals surface area contributed by atoms with Crippen LogP contribution in [0.25, 0.3) is 0 Å². The SMILES string of the molecule is Cn1cccc1C(O)CCNC(=O)CSC1CCCC1. The summed E-state index contributed by atoms with van der Waals surface area (Å²) in [6.45, 7) is 0.524. The molecule has 0 radical (unpaired) electrons. The lowest BCUT2D eigenvalue weighted by atomic mass is 10.2. The summed E-state index contributed by atoms with van der Waals surface area (Å²) in [6.07, 6.45) is 7.07. The van der Waals surface area contributed by atoms with E-state index < -0.39 is 6.10 Å². The number of aryl methyl sites for hydroxylation is 1. The van der Waals surface area contributed by atoms with Crippen LogP contribution in [0.1, 0.15) is 43.9 Å². The van der Waals surface area contributed by atoms with E-state index in [2.05, 4.69) is 5.32 Å². The van der Waals surface area contributed by atoms with E-state index in [0.29, 0.717) is 24.0 Å². The van der Waals surface area contributed by atoms with Crippen molar-refractivity contribution in [1.82, 2.24) is 9.88 Å². The maximum Gasteiger partial charge on any atom is 0.230 e. The third-order valence-electron chi connectivity index (χ3n) is 3.82. The van der Waals surface area contributed by atoms with Gasteiger partial charge in [-0.1, -0.05) is 12.8 Å². The Kier molecular flexibility index (Phi) is 5.98. The van der Waals surface area contributed by atoms with Gasteiger partial charge in [-0.2, -0.15) is 0 Å². The van der Waals surface area contributed by atoms with E-state index in [1.807, 2.05) is 29.9 Å². The molecule has 0 saturated heterocycles. The second kappa shape index (κ2) is 7.74. The van der Waals surface area contributed by atoms with Crippen molar-refractivity contribution in [3.63, 3.8) is 0 Å². The zero-order valence-corrected chi connectivity index (χ0v) is 12.9. The van der Waals surface area contributed by atoms with Crippen LogP contribution in [0.2, 0.25) is 0 Å². The summed E-state index contributed by atoms with van der Waals surface area (Å²) in [6, 6.07) is 3.82. The number of carbonyl (C=O) groups is 1. The number of nitrogens with one attached hydrogen (secondary N) is 1. The minimum absolute atomic E-state index is 0.0842. The lowest BCUT2D eigenvalue weighted by Crippen LogP contribution is -2.28. The summed E-state index contributed by atoms with van der Waals surface area (Å²) < 4.78 is 1.91. The van der Waals surface area contributed by atoms with Crippen LogP contribution in [0.15, 0.2) is 18.3 Å². The topological polar surface area (TPSA) is 54.3 Å². The van der Waals surface area contributed by atoms with Crippen LogP contribution in [0.3, 0.4) is 0 Å². The van der Waals surface area contributed by atoms with Gasteiger partial charge in [-0.3, -0.25) is 4.79 Å². The second-order valence-corrected chi connectivity index (χ2v) is 6.70. The lowest BCUT2D eigenvalue weighted by Gasteiger charge is -2.13. The molecule has 1 saturated carbocycles. The van der Waals surface area contributed by atoms with Crippen molar-refractivity contribution in [2.24, 2.45) is 7.05 Å². The first-order valence-electron chi connectivity index (χ1n) is 7.34. The van der Waals surface area contributed by atoms with Crippen molar-refractivity contribution in [1.29, 1.82) is 0 Å². The van der Waals surface area contributed by atoms with Crippen molar-refractivity contribution < 1.29 is 9.90 Å². The highest BCUT2D eigenvalue weighted by atomic mass is 32.2. The van der Waals surface area contributed by atoms with Gasteiger partial charge in [0.2, 0.25) is 5.91 Å². The number of hydrogen-bond donors (Lipinski definition) is 2. The molecule has 0 aromatic carbocycles. The molecular formula is C15H24N2O2S. The molecule has 1 aliphatic rings. The fraction of sp³-hybridized carbons (Fsp3) is 0.667. The molecule has 0 bridgehead atoms. The van der Waals surface area contributed by atoms with E-state index in [4.69, 9.17) is 0 Å². The normalized spacial score (nSPS) is 17.3. The average Bonchev–Trinajstić information content (AvgIpc) is 3.07. The number of hydrogen-bond acceptors (Lipinski definition) is 3. The number of thioether (sulfide) groups is 1. The fourth-order valence-electron chi connectivity index (χ4n) is 2.62. The van der Waals surface area contributed by atoms with Crippen LogP contribution in [0, 0.1) is 0 Å². The molecule has 2 rings (SSSR count). The molecular weight excluding hydrogens is 272 g/mol. The van der Waals surface area contributed by atoms with Gasteiger partial charge in [-0.05, 0) is 31.4 Å². The Balaban J connectivity index is 1.60. The Morgan fingerprint density at radius 3 is 2.95 bits per heavy atom. The maximum atomic E-state index is 11.7. The first-order chi connectivity index (χ1) is 9.66. The van der Waals surface area contributed by atoms with Gasteiger partial charge in [0.15, 0.2) is 0 Å². The molecule has 1 aromatic heterocycles. The molecule has 2 N–H and O–H groups in total. The van der Waals surface area contributed by atoms with Gasteiger partial charge in [0, 0.05) is 30.7 Å². The van der Waals surface area contributed by atoms with Gasteiger partial charge in [-0.15, -0.1) is 11.8 Å². The number of carbonyl (C=O) groups excluding carboxylic acids is 1. The fourth-order valence-corrected chi connectivity index (χ4v) is 3.77. The Hall–Kier alpha value is -0.940. The van der Waals surface area contributed by atoms with E-state index in [1.54, 1.807) is 11.8 Å². The summed E-state index contributed by atoms with van der Waals surface area (Å²) in [5, 5.41) is 13.6. The summed E-state index contributed by atoms with van der Waals surface area (Å²) in [5.41, 5.74) is 0.888. The highest BCUT2D eigenvalue weighted by molar-refractivity contribution is 8.00. The zero-order chi connectivity index (χ0) is 14.4. The maximum absolute atomic E-state index is 11.7. The molecule has 1 aliphatic carbocycles. The van der Waals surface area contributed by atoms with Crippen molar-refractivity contribution >= 4 is 17.7 Å². The second-order valence-electron chi connectivity index (χ2n) is 5.42. The van der Waals surface area contributed by atoms with Crippen molar-refractivity contribution in [2.45, 2.75) is 43.5 Å². The standard InChI is InChI=1S/C15H24N2O2S/c1-17-10-4-7-13(17)14(18)8-9-16-15(19)11-20-12-5-2-3-6-12/h4,7,10,12,14,18H,2-3,5-6,8-9,11H2,1H3,(H,16,19). The Labute approximate surface area is 124 Å². The quantitative estimate of drug-likeness (QED) is 0.811. The van der Waals surface area contributed by atoms with Crippen LogP contribution in [0.4, 0.5) is 0 Å². The van der Waals surface area contributed by atoms with E-state index in [0.717, 1.165) is 5.69 Å². The molecule has 0 spiro atoms. The first-order valence-corrected chi connectivity index (χ1v) is 8.39. The minimum atomic E-state index is -0.516. The minimum Gasteiger partial charge on any atom is -0.387 e. The summed E-state index contributed by atoms with van der Waals surface area (Å²) >= 11 is 1.77. The summed E-state index contributed by atoms with van der Waals surface area (Å²) in [4.78, 5) is 11.7. The number of rotatable bonds is 7. The third-order valence-corrected chi connectivity index (χ3v) is 5.19. The molecule has 0 aliphatic heterocycles. The lowest BCUT2D eigenvalue weighted by molar-refractivity contribution is -0.118. The molecule has 112 valence electrons. The molecule has 1 heterocycles. The highest BCUT2D eigenvalue weighted by Crippen LogP contribution is 2.29. The average molecular weight is 296 g/mol. The van der Waals surface area contributed by atoms with Crippen LogP contribution >= 0.6 is 11.8 Å². The van der Waals surface area contributed by atoms with Gasteiger partial charge in [-0.25, -0.2) is 0 Å². The van der Waals surface area contributed by atoms with E-state index in [1.165, 1.54) is 25.7 Å². The Morgan fingerprint density at radius 1 is 1.55 bits per heavy atom. The Morgan fingerprint density at radius 2 is 2.30 bits per heavy atom. The van der Waals surface area contributed by atoms with Crippen LogP contribution in [0.5, 0.6) is 0 Å². The molecule has 5 heteroatoms. The molecule has 20 heavy (non-hydrogen) atoms. The predicted molar refractivity (Wildman–Crippen MR) is 82.7 cm³/mol. The molecule has 1 atom stereocenters. The van der Waals surface area contributed by atoms with Crippen LogP contribution in [-0.2, 0) is 11.8 Å². The van der Waals surface area contributed by atoms with Crippen molar-refractivity contribution in [3.8, 4) is 0 Å². The molecule has 1 fully saturated rings. The van der Waals surface area contributed by atoms with Crippen molar-refractivity contribution in [2.75, 3.05) is 12.3 Å². The molecule has 4 nitrogen and oxygen atoms in total. The number of nitrogens with zero attached hydrogens (tertiary/aromatic N) is 1. The number of aliphatic hydroxyl groups excluding tert-OH is 1. The van der Waals surface area contributed by atoms with Gasteiger partial charge in [0.1, 0.15) is 0 Å². The van der Waals surface area contributed by atoms with Gasteiger partial charge >= 0.3 is 0 Å². The summed E-state index contributed by atoms with van der Waals surface area (Å²) in [5.74, 6) is 0.631. The third kappa shape index (κ3) is 4.56. The number of amides is 1.